The van der Waals surface area contributed by atoms with Crippen molar-refractivity contribution in [2.24, 2.45) is 0 Å². The van der Waals surface area contributed by atoms with Crippen molar-refractivity contribution in [1.29, 1.82) is 0 Å². The summed E-state index contributed by atoms with van der Waals surface area (Å²) >= 11 is 0. The Morgan fingerprint density at radius 3 is 1.76 bits per heavy atom. The molecular weight excluding hydrogens is 331 g/mol. The van der Waals surface area contributed by atoms with Crippen LogP contribution in [-0.4, -0.2) is 29.8 Å². The normalized spacial score (nSPS) is 17.0. The summed E-state index contributed by atoms with van der Waals surface area (Å²) in [6, 6.07) is 22.3. The van der Waals surface area contributed by atoms with Crippen LogP contribution in [0.4, 0.5) is 13.2 Å². The number of carbonyl (C=O) groups is 1. The van der Waals surface area contributed by atoms with Gasteiger partial charge in [-0.1, -0.05) is 60.7 Å². The number of aliphatic carboxylic acids is 1. The van der Waals surface area contributed by atoms with E-state index in [4.69, 9.17) is 9.90 Å². The predicted molar refractivity (Wildman–Crippen MR) is 89.4 cm³/mol. The maximum atomic E-state index is 10.6. The van der Waals surface area contributed by atoms with E-state index in [0.717, 1.165) is 6.54 Å². The fourth-order valence-corrected chi connectivity index (χ4v) is 2.97. The van der Waals surface area contributed by atoms with Crippen LogP contribution in [0.2, 0.25) is 0 Å². The lowest BCUT2D eigenvalue weighted by atomic mass is 9.84. The summed E-state index contributed by atoms with van der Waals surface area (Å²) in [6.07, 6.45) is -2.52. The third-order valence-electron chi connectivity index (χ3n) is 4.06. The summed E-state index contributed by atoms with van der Waals surface area (Å²) in [5, 5.41) is 10.8. The number of hydrogen-bond donors (Lipinski definition) is 2. The van der Waals surface area contributed by atoms with Gasteiger partial charge in [-0.3, -0.25) is 0 Å². The van der Waals surface area contributed by atoms with E-state index in [1.165, 1.54) is 24.0 Å². The molecular formula is C19H20F3NO2. The molecule has 1 fully saturated rings. The molecule has 25 heavy (non-hydrogen) atoms. The van der Waals surface area contributed by atoms with Gasteiger partial charge in [0.25, 0.3) is 0 Å². The summed E-state index contributed by atoms with van der Waals surface area (Å²) in [5.74, 6) is -2.28. The number of nitrogens with one attached hydrogen (secondary N) is 1. The van der Waals surface area contributed by atoms with Gasteiger partial charge in [0, 0.05) is 12.0 Å². The molecule has 3 nitrogen and oxygen atoms in total. The fourth-order valence-electron chi connectivity index (χ4n) is 2.97. The second-order valence-corrected chi connectivity index (χ2v) is 5.80. The molecule has 0 saturated carbocycles. The van der Waals surface area contributed by atoms with Crippen LogP contribution in [0.15, 0.2) is 60.7 Å². The van der Waals surface area contributed by atoms with Crippen molar-refractivity contribution in [3.8, 4) is 0 Å². The molecule has 0 spiro atoms. The summed E-state index contributed by atoms with van der Waals surface area (Å²) in [5.41, 5.74) is 2.84. The highest BCUT2D eigenvalue weighted by Gasteiger charge is 2.38. The molecule has 0 bridgehead atoms. The van der Waals surface area contributed by atoms with Crippen molar-refractivity contribution in [3.63, 3.8) is 0 Å². The molecule has 0 aromatic heterocycles. The van der Waals surface area contributed by atoms with Gasteiger partial charge in [0.2, 0.25) is 0 Å². The van der Waals surface area contributed by atoms with Crippen LogP contribution in [-0.2, 0) is 4.79 Å². The number of rotatable bonds is 3. The van der Waals surface area contributed by atoms with Crippen molar-refractivity contribution in [3.05, 3.63) is 71.8 Å². The zero-order valence-electron chi connectivity index (χ0n) is 13.5. The van der Waals surface area contributed by atoms with Crippen molar-refractivity contribution in [1.82, 2.24) is 5.32 Å². The molecule has 0 aliphatic carbocycles. The molecule has 1 saturated heterocycles. The molecule has 0 amide bonds. The summed E-state index contributed by atoms with van der Waals surface area (Å²) in [7, 11) is 0. The molecule has 0 unspecified atom stereocenters. The van der Waals surface area contributed by atoms with E-state index in [2.05, 4.69) is 66.0 Å². The van der Waals surface area contributed by atoms with Crippen molar-refractivity contribution >= 4 is 5.97 Å². The van der Waals surface area contributed by atoms with Gasteiger partial charge in [-0.05, 0) is 30.5 Å². The van der Waals surface area contributed by atoms with E-state index < -0.39 is 12.1 Å². The monoisotopic (exact) mass is 351 g/mol. The van der Waals surface area contributed by atoms with E-state index in [-0.39, 0.29) is 0 Å². The maximum Gasteiger partial charge on any atom is 0.490 e. The molecule has 1 aliphatic heterocycles. The van der Waals surface area contributed by atoms with Crippen LogP contribution < -0.4 is 5.32 Å². The van der Waals surface area contributed by atoms with Gasteiger partial charge in [-0.2, -0.15) is 13.2 Å². The van der Waals surface area contributed by atoms with Gasteiger partial charge in [-0.15, -0.1) is 0 Å². The minimum atomic E-state index is -5.08. The van der Waals surface area contributed by atoms with Gasteiger partial charge in [0.05, 0.1) is 0 Å². The molecule has 1 aliphatic rings. The number of alkyl halides is 3. The minimum Gasteiger partial charge on any atom is -0.475 e. The lowest BCUT2D eigenvalue weighted by Crippen LogP contribution is -2.29. The van der Waals surface area contributed by atoms with Gasteiger partial charge in [0.15, 0.2) is 0 Å². The summed E-state index contributed by atoms with van der Waals surface area (Å²) in [4.78, 5) is 8.90. The second-order valence-electron chi connectivity index (χ2n) is 5.80. The maximum absolute atomic E-state index is 10.6. The Morgan fingerprint density at radius 1 is 1.00 bits per heavy atom. The summed E-state index contributed by atoms with van der Waals surface area (Å²) in [6.45, 7) is 1.15. The number of carboxylic acid groups (broad SMARTS) is 1. The Kier molecular flexibility index (Phi) is 6.58. The van der Waals surface area contributed by atoms with Crippen LogP contribution in [0.1, 0.15) is 29.9 Å². The molecule has 6 heteroatoms. The van der Waals surface area contributed by atoms with Gasteiger partial charge >= 0.3 is 12.1 Å². The Bertz CT molecular complexity index is 614. The zero-order valence-corrected chi connectivity index (χ0v) is 13.5. The zero-order chi connectivity index (χ0) is 18.3. The predicted octanol–water partition coefficient (Wildman–Crippen LogP) is 4.20. The van der Waals surface area contributed by atoms with E-state index in [9.17, 15) is 13.2 Å². The Hall–Kier alpha value is -2.34. The first kappa shape index (κ1) is 19.0. The third kappa shape index (κ3) is 5.60. The Labute approximate surface area is 144 Å². The highest BCUT2D eigenvalue weighted by molar-refractivity contribution is 5.73. The summed E-state index contributed by atoms with van der Waals surface area (Å²) < 4.78 is 31.7. The lowest BCUT2D eigenvalue weighted by molar-refractivity contribution is -0.192. The van der Waals surface area contributed by atoms with Crippen LogP contribution in [0.5, 0.6) is 0 Å². The standard InChI is InChI=1S/C17H19N.C2HF3O2/c1-3-8-14(9-4-1)17(16-12-7-13-18-16)15-10-5-2-6-11-15;3-2(4,5)1(6)7/h1-6,8-11,16-18H,7,12-13H2;(H,6,7)/t16-;/m1./s1. The molecule has 3 rings (SSSR count). The minimum absolute atomic E-state index is 0.481. The third-order valence-corrected chi connectivity index (χ3v) is 4.06. The van der Waals surface area contributed by atoms with Gasteiger partial charge in [0.1, 0.15) is 0 Å². The van der Waals surface area contributed by atoms with Gasteiger partial charge in [-0.25, -0.2) is 4.79 Å². The van der Waals surface area contributed by atoms with Crippen molar-refractivity contribution in [2.45, 2.75) is 31.0 Å². The SMILES string of the molecule is O=C(O)C(F)(F)F.c1ccc(C(c2ccccc2)[C@H]2CCCN2)cc1. The van der Waals surface area contributed by atoms with Gasteiger partial charge < -0.3 is 10.4 Å². The smallest absolute Gasteiger partial charge is 0.475 e. The molecule has 2 aromatic rings. The Morgan fingerprint density at radius 2 is 1.44 bits per heavy atom. The molecule has 134 valence electrons. The topological polar surface area (TPSA) is 49.3 Å². The van der Waals surface area contributed by atoms with Crippen LogP contribution in [0.25, 0.3) is 0 Å². The highest BCUT2D eigenvalue weighted by atomic mass is 19.4. The Balaban J connectivity index is 0.000000277. The molecule has 2 aromatic carbocycles. The fraction of sp³-hybridized carbons (Fsp3) is 0.316. The van der Waals surface area contributed by atoms with E-state index >= 15 is 0 Å². The molecule has 0 radical (unpaired) electrons. The van der Waals surface area contributed by atoms with E-state index in [1.54, 1.807) is 0 Å². The molecule has 1 atom stereocenters. The number of hydrogen-bond acceptors (Lipinski definition) is 2. The average molecular weight is 351 g/mol. The van der Waals surface area contributed by atoms with Crippen molar-refractivity contribution < 1.29 is 23.1 Å². The molecule has 1 heterocycles. The number of halogens is 3. The number of benzene rings is 2. The van der Waals surface area contributed by atoms with E-state index in [1.807, 2.05) is 0 Å². The largest absolute Gasteiger partial charge is 0.490 e. The van der Waals surface area contributed by atoms with Crippen LogP contribution >= 0.6 is 0 Å². The van der Waals surface area contributed by atoms with Crippen LogP contribution in [0.3, 0.4) is 0 Å². The second kappa shape index (κ2) is 8.67. The first-order valence-electron chi connectivity index (χ1n) is 8.03. The lowest BCUT2D eigenvalue weighted by Gasteiger charge is -2.25. The van der Waals surface area contributed by atoms with Crippen LogP contribution in [0, 0.1) is 0 Å². The first-order valence-corrected chi connectivity index (χ1v) is 8.03. The molecule has 2 N–H and O–H groups in total. The quantitative estimate of drug-likeness (QED) is 0.871. The van der Waals surface area contributed by atoms with Crippen molar-refractivity contribution in [2.75, 3.05) is 6.54 Å². The van der Waals surface area contributed by atoms with E-state index in [0.29, 0.717) is 12.0 Å². The highest BCUT2D eigenvalue weighted by Crippen LogP contribution is 2.31. The average Bonchev–Trinajstić information content (AvgIpc) is 3.11. The number of carboxylic acids is 1. The first-order chi connectivity index (χ1) is 11.9.